The highest BCUT2D eigenvalue weighted by Crippen LogP contribution is 2.30. The predicted octanol–water partition coefficient (Wildman–Crippen LogP) is 2.17. The fourth-order valence-electron chi connectivity index (χ4n) is 3.79. The van der Waals surface area contributed by atoms with Crippen molar-refractivity contribution in [3.8, 4) is 6.07 Å². The number of anilines is 1. The molecule has 1 saturated heterocycles. The Labute approximate surface area is 187 Å². The molecule has 170 valence electrons. The maximum atomic E-state index is 12.8. The molecule has 1 N–H and O–H groups in total. The van der Waals surface area contributed by atoms with E-state index in [2.05, 4.69) is 16.4 Å². The van der Waals surface area contributed by atoms with Gasteiger partial charge in [-0.05, 0) is 38.3 Å². The van der Waals surface area contributed by atoms with Crippen LogP contribution in [-0.4, -0.2) is 61.8 Å². The van der Waals surface area contributed by atoms with Crippen molar-refractivity contribution < 1.29 is 19.1 Å². The molecule has 9 heteroatoms. The third kappa shape index (κ3) is 5.51. The molecule has 3 rings (SSSR count). The van der Waals surface area contributed by atoms with Crippen LogP contribution in [0.1, 0.15) is 37.8 Å². The van der Waals surface area contributed by atoms with E-state index >= 15 is 0 Å². The first-order valence-corrected chi connectivity index (χ1v) is 10.9. The Morgan fingerprint density at radius 2 is 1.94 bits per heavy atom. The Morgan fingerprint density at radius 3 is 2.56 bits per heavy atom. The first kappa shape index (κ1) is 23.4. The highest BCUT2D eigenvalue weighted by molar-refractivity contribution is 5.88. The number of fused-ring (bicyclic) bond motifs is 1. The number of carbonyl (C=O) groups is 2. The zero-order valence-electron chi connectivity index (χ0n) is 18.5. The van der Waals surface area contributed by atoms with Crippen LogP contribution >= 0.6 is 0 Å². The van der Waals surface area contributed by atoms with Gasteiger partial charge in [0.1, 0.15) is 5.69 Å². The molecular weight excluding hydrogens is 410 g/mol. The molecule has 32 heavy (non-hydrogen) atoms. The monoisotopic (exact) mass is 439 g/mol. The summed E-state index contributed by atoms with van der Waals surface area (Å²) >= 11 is 0. The number of piperidine rings is 1. The van der Waals surface area contributed by atoms with Gasteiger partial charge in [0, 0.05) is 33.4 Å². The van der Waals surface area contributed by atoms with E-state index in [9.17, 15) is 14.9 Å². The Balaban J connectivity index is 1.87. The smallest absolute Gasteiger partial charge is 0.309 e. The summed E-state index contributed by atoms with van der Waals surface area (Å²) in [5.41, 5.74) is 1.65. The molecule has 1 aliphatic rings. The minimum absolute atomic E-state index is 0.154. The number of amides is 1. The number of ether oxygens (including phenoxy) is 2. The van der Waals surface area contributed by atoms with Crippen molar-refractivity contribution in [2.45, 2.75) is 32.1 Å². The second kappa shape index (κ2) is 11.4. The molecule has 0 aliphatic carbocycles. The van der Waals surface area contributed by atoms with Crippen molar-refractivity contribution in [3.63, 3.8) is 0 Å². The summed E-state index contributed by atoms with van der Waals surface area (Å²) in [5, 5.41) is 12.6. The minimum Gasteiger partial charge on any atom is -0.466 e. The number of nitrogens with zero attached hydrogens (tertiary/aromatic N) is 4. The standard InChI is InChI=1S/C23H29N5O4/c1-3-32-23(30)16-9-12-28(13-10-16)21-20(26-18-7-4-5-8-19(18)27-21)17(15-24)22(29)25-11-6-14-31-2/h4-5,7-8,16-17H,3,6,9-14H2,1-2H3,(H,25,29)/t17-/m0/s1. The molecule has 0 bridgehead atoms. The number of rotatable bonds is 9. The van der Waals surface area contributed by atoms with Crippen molar-refractivity contribution in [1.82, 2.24) is 15.3 Å². The molecule has 1 amide bonds. The van der Waals surface area contributed by atoms with Gasteiger partial charge >= 0.3 is 5.97 Å². The van der Waals surface area contributed by atoms with Crippen LogP contribution in [0.2, 0.25) is 0 Å². The summed E-state index contributed by atoms with van der Waals surface area (Å²) in [6, 6.07) is 9.49. The number of benzene rings is 1. The molecule has 0 spiro atoms. The quantitative estimate of drug-likeness (QED) is 0.467. The summed E-state index contributed by atoms with van der Waals surface area (Å²) in [5.74, 6) is -1.31. The summed E-state index contributed by atoms with van der Waals surface area (Å²) in [6.07, 6.45) is 1.89. The molecule has 0 unspecified atom stereocenters. The largest absolute Gasteiger partial charge is 0.466 e. The van der Waals surface area contributed by atoms with E-state index in [1.807, 2.05) is 29.2 Å². The fourth-order valence-corrected chi connectivity index (χ4v) is 3.79. The molecule has 1 aliphatic heterocycles. The maximum Gasteiger partial charge on any atom is 0.309 e. The summed E-state index contributed by atoms with van der Waals surface area (Å²) in [7, 11) is 1.60. The number of nitrogens with one attached hydrogen (secondary N) is 1. The van der Waals surface area contributed by atoms with Crippen molar-refractivity contribution in [2.24, 2.45) is 5.92 Å². The summed E-state index contributed by atoms with van der Waals surface area (Å²) in [4.78, 5) is 36.3. The SMILES string of the molecule is CCOC(=O)C1CCN(c2nc3ccccc3nc2[C@H](C#N)C(=O)NCCCOC)CC1. The average molecular weight is 440 g/mol. The van der Waals surface area contributed by atoms with Gasteiger partial charge in [-0.15, -0.1) is 0 Å². The van der Waals surface area contributed by atoms with Crippen LogP contribution in [0.3, 0.4) is 0 Å². The average Bonchev–Trinajstić information content (AvgIpc) is 2.82. The van der Waals surface area contributed by atoms with E-state index in [4.69, 9.17) is 14.5 Å². The van der Waals surface area contributed by atoms with Gasteiger partial charge in [-0.3, -0.25) is 9.59 Å². The van der Waals surface area contributed by atoms with Crippen LogP contribution in [0.5, 0.6) is 0 Å². The van der Waals surface area contributed by atoms with Gasteiger partial charge in [0.15, 0.2) is 11.7 Å². The lowest BCUT2D eigenvalue weighted by Crippen LogP contribution is -2.39. The lowest BCUT2D eigenvalue weighted by molar-refractivity contribution is -0.148. The van der Waals surface area contributed by atoms with Crippen molar-refractivity contribution >= 4 is 28.7 Å². The lowest BCUT2D eigenvalue weighted by Gasteiger charge is -2.33. The normalized spacial score (nSPS) is 15.2. The molecule has 1 atom stereocenters. The third-order valence-electron chi connectivity index (χ3n) is 5.48. The van der Waals surface area contributed by atoms with E-state index in [1.165, 1.54) is 0 Å². The second-order valence-corrected chi connectivity index (χ2v) is 7.63. The van der Waals surface area contributed by atoms with Gasteiger partial charge in [-0.1, -0.05) is 12.1 Å². The molecule has 0 saturated carbocycles. The fraction of sp³-hybridized carbons (Fsp3) is 0.522. The lowest BCUT2D eigenvalue weighted by atomic mass is 9.96. The van der Waals surface area contributed by atoms with E-state index in [0.29, 0.717) is 74.7 Å². The van der Waals surface area contributed by atoms with E-state index < -0.39 is 11.8 Å². The molecule has 1 fully saturated rings. The molecule has 0 radical (unpaired) electrons. The van der Waals surface area contributed by atoms with Gasteiger partial charge in [-0.2, -0.15) is 5.26 Å². The van der Waals surface area contributed by atoms with Gasteiger partial charge in [-0.25, -0.2) is 9.97 Å². The number of nitriles is 1. The van der Waals surface area contributed by atoms with Crippen molar-refractivity contribution in [3.05, 3.63) is 30.0 Å². The van der Waals surface area contributed by atoms with E-state index in [1.54, 1.807) is 14.0 Å². The van der Waals surface area contributed by atoms with Crippen LogP contribution in [0.4, 0.5) is 5.82 Å². The Bertz CT molecular complexity index is 982. The maximum absolute atomic E-state index is 12.8. The first-order chi connectivity index (χ1) is 15.6. The number of hydrogen-bond donors (Lipinski definition) is 1. The van der Waals surface area contributed by atoms with Crippen molar-refractivity contribution in [2.75, 3.05) is 44.9 Å². The number of para-hydroxylation sites is 2. The molecule has 2 heterocycles. The van der Waals surface area contributed by atoms with Crippen LogP contribution in [0, 0.1) is 17.2 Å². The molecule has 2 aromatic rings. The number of aromatic nitrogens is 2. The minimum atomic E-state index is -1.09. The molecule has 1 aromatic heterocycles. The van der Waals surface area contributed by atoms with E-state index in [-0.39, 0.29) is 11.9 Å². The number of carbonyl (C=O) groups excluding carboxylic acids is 2. The molecule has 1 aromatic carbocycles. The van der Waals surface area contributed by atoms with Gasteiger partial charge in [0.05, 0.1) is 29.6 Å². The molecular formula is C23H29N5O4. The first-order valence-electron chi connectivity index (χ1n) is 10.9. The van der Waals surface area contributed by atoms with Crippen LogP contribution in [-0.2, 0) is 19.1 Å². The highest BCUT2D eigenvalue weighted by Gasteiger charge is 2.32. The van der Waals surface area contributed by atoms with Gasteiger partial charge in [0.2, 0.25) is 5.91 Å². The van der Waals surface area contributed by atoms with Crippen LogP contribution < -0.4 is 10.2 Å². The zero-order chi connectivity index (χ0) is 22.9. The van der Waals surface area contributed by atoms with Crippen molar-refractivity contribution in [1.29, 1.82) is 5.26 Å². The summed E-state index contributed by atoms with van der Waals surface area (Å²) in [6.45, 7) is 4.23. The zero-order valence-corrected chi connectivity index (χ0v) is 18.5. The predicted molar refractivity (Wildman–Crippen MR) is 119 cm³/mol. The van der Waals surface area contributed by atoms with Gasteiger partial charge in [0.25, 0.3) is 0 Å². The topological polar surface area (TPSA) is 117 Å². The molecule has 9 nitrogen and oxygen atoms in total. The Hall–Kier alpha value is -3.25. The van der Waals surface area contributed by atoms with Gasteiger partial charge < -0.3 is 19.7 Å². The number of esters is 1. The van der Waals surface area contributed by atoms with E-state index in [0.717, 1.165) is 0 Å². The number of methoxy groups -OCH3 is 1. The number of hydrogen-bond acceptors (Lipinski definition) is 8. The third-order valence-corrected chi connectivity index (χ3v) is 5.48. The second-order valence-electron chi connectivity index (χ2n) is 7.63. The Kier molecular flexibility index (Phi) is 8.34. The van der Waals surface area contributed by atoms with Crippen LogP contribution in [0.15, 0.2) is 24.3 Å². The highest BCUT2D eigenvalue weighted by atomic mass is 16.5. The Morgan fingerprint density at radius 1 is 1.25 bits per heavy atom. The summed E-state index contributed by atoms with van der Waals surface area (Å²) < 4.78 is 10.2. The van der Waals surface area contributed by atoms with Crippen LogP contribution in [0.25, 0.3) is 11.0 Å².